The van der Waals surface area contributed by atoms with Crippen LogP contribution in [-0.2, 0) is 30.8 Å². The van der Waals surface area contributed by atoms with Gasteiger partial charge in [0.15, 0.2) is 6.61 Å². The highest BCUT2D eigenvalue weighted by Gasteiger charge is 2.27. The number of nitrogens with one attached hydrogen (secondary N) is 1. The largest absolute Gasteiger partial charge is 0.455 e. The zero-order valence-electron chi connectivity index (χ0n) is 17.0. The van der Waals surface area contributed by atoms with Crippen LogP contribution in [0.25, 0.3) is 0 Å². The van der Waals surface area contributed by atoms with Crippen LogP contribution in [0.2, 0.25) is 0 Å². The van der Waals surface area contributed by atoms with Crippen molar-refractivity contribution in [2.24, 2.45) is 0 Å². The summed E-state index contributed by atoms with van der Waals surface area (Å²) in [7, 11) is -3.61. The molecule has 0 unspecified atom stereocenters. The summed E-state index contributed by atoms with van der Waals surface area (Å²) < 4.78 is 32.5. The Morgan fingerprint density at radius 2 is 1.73 bits per heavy atom. The number of anilines is 1. The van der Waals surface area contributed by atoms with Crippen LogP contribution in [0.15, 0.2) is 53.4 Å². The van der Waals surface area contributed by atoms with Gasteiger partial charge in [-0.15, -0.1) is 0 Å². The summed E-state index contributed by atoms with van der Waals surface area (Å²) in [5, 5.41) is 2.60. The number of ether oxygens (including phenoxy) is 1. The fourth-order valence-corrected chi connectivity index (χ4v) is 5.12. The highest BCUT2D eigenvalue weighted by molar-refractivity contribution is 7.89. The van der Waals surface area contributed by atoms with E-state index in [4.69, 9.17) is 4.74 Å². The van der Waals surface area contributed by atoms with Gasteiger partial charge in [-0.3, -0.25) is 9.59 Å². The summed E-state index contributed by atoms with van der Waals surface area (Å²) in [4.78, 5) is 24.2. The van der Waals surface area contributed by atoms with Gasteiger partial charge in [-0.05, 0) is 43.0 Å². The molecule has 0 spiro atoms. The third kappa shape index (κ3) is 5.67. The Bertz CT molecular complexity index is 999. The molecule has 30 heavy (non-hydrogen) atoms. The molecule has 1 aliphatic heterocycles. The Kier molecular flexibility index (Phi) is 7.23. The number of sulfonamides is 1. The van der Waals surface area contributed by atoms with Crippen LogP contribution < -0.4 is 5.32 Å². The molecule has 8 heteroatoms. The normalized spacial score (nSPS) is 14.8. The van der Waals surface area contributed by atoms with Gasteiger partial charge < -0.3 is 10.1 Å². The van der Waals surface area contributed by atoms with Gasteiger partial charge >= 0.3 is 5.97 Å². The van der Waals surface area contributed by atoms with Crippen molar-refractivity contribution in [1.29, 1.82) is 0 Å². The molecular formula is C22H26N2O5S. The first-order valence-electron chi connectivity index (χ1n) is 9.96. The number of hydrogen-bond acceptors (Lipinski definition) is 5. The topological polar surface area (TPSA) is 92.8 Å². The van der Waals surface area contributed by atoms with Crippen LogP contribution >= 0.6 is 0 Å². The first-order valence-corrected chi connectivity index (χ1v) is 11.4. The van der Waals surface area contributed by atoms with Crippen LogP contribution in [0, 0.1) is 6.92 Å². The summed E-state index contributed by atoms with van der Waals surface area (Å²) in [6.07, 6.45) is 2.81. The van der Waals surface area contributed by atoms with E-state index < -0.39 is 28.5 Å². The van der Waals surface area contributed by atoms with Gasteiger partial charge in [0.1, 0.15) is 0 Å². The van der Waals surface area contributed by atoms with Crippen molar-refractivity contribution in [3.8, 4) is 0 Å². The molecule has 1 amide bonds. The number of piperidine rings is 1. The first kappa shape index (κ1) is 22.0. The lowest BCUT2D eigenvalue weighted by molar-refractivity contribution is -0.146. The Balaban J connectivity index is 1.60. The number of benzene rings is 2. The second-order valence-corrected chi connectivity index (χ2v) is 9.22. The van der Waals surface area contributed by atoms with Crippen LogP contribution in [-0.4, -0.2) is 44.3 Å². The number of aryl methyl sites for hydroxylation is 1. The van der Waals surface area contributed by atoms with Crippen LogP contribution in [0.3, 0.4) is 0 Å². The number of rotatable bonds is 7. The maximum absolute atomic E-state index is 13.0. The van der Waals surface area contributed by atoms with E-state index in [2.05, 4.69) is 5.32 Å². The van der Waals surface area contributed by atoms with Gasteiger partial charge in [0.05, 0.1) is 11.3 Å². The second kappa shape index (κ2) is 9.86. The Morgan fingerprint density at radius 3 is 2.43 bits per heavy atom. The van der Waals surface area contributed by atoms with Crippen molar-refractivity contribution < 1.29 is 22.7 Å². The smallest absolute Gasteiger partial charge is 0.310 e. The maximum Gasteiger partial charge on any atom is 0.310 e. The molecule has 0 saturated carbocycles. The lowest BCUT2D eigenvalue weighted by atomic mass is 10.2. The molecule has 0 bridgehead atoms. The number of amides is 1. The molecule has 160 valence electrons. The Labute approximate surface area is 177 Å². The fraction of sp³-hybridized carbons (Fsp3) is 0.364. The Morgan fingerprint density at radius 1 is 1.03 bits per heavy atom. The van der Waals surface area contributed by atoms with E-state index >= 15 is 0 Å². The summed E-state index contributed by atoms with van der Waals surface area (Å²) in [6, 6.07) is 13.9. The lowest BCUT2D eigenvalue weighted by Crippen LogP contribution is -2.36. The standard InChI is InChI=1S/C22H26N2O5S/c1-17-10-11-19(15-20(17)30(27,28)24-12-6-3-7-13-24)23-21(25)16-29-22(26)14-18-8-4-2-5-9-18/h2,4-5,8-11,15H,3,6-7,12-14,16H2,1H3,(H,23,25). The quantitative estimate of drug-likeness (QED) is 0.682. The molecule has 1 fully saturated rings. The third-order valence-corrected chi connectivity index (χ3v) is 7.00. The van der Waals surface area contributed by atoms with Crippen molar-refractivity contribution >= 4 is 27.6 Å². The zero-order chi connectivity index (χ0) is 21.6. The summed E-state index contributed by atoms with van der Waals surface area (Å²) in [5.74, 6) is -1.03. The van der Waals surface area contributed by atoms with E-state index in [-0.39, 0.29) is 11.3 Å². The number of carbonyl (C=O) groups excluding carboxylic acids is 2. The molecule has 3 rings (SSSR count). The number of hydrogen-bond donors (Lipinski definition) is 1. The van der Waals surface area contributed by atoms with Crippen molar-refractivity contribution in [3.63, 3.8) is 0 Å². The van der Waals surface area contributed by atoms with E-state index in [9.17, 15) is 18.0 Å². The average Bonchev–Trinajstić information content (AvgIpc) is 2.75. The van der Waals surface area contributed by atoms with Crippen LogP contribution in [0.5, 0.6) is 0 Å². The number of carbonyl (C=O) groups is 2. The predicted octanol–water partition coefficient (Wildman–Crippen LogP) is 2.89. The van der Waals surface area contributed by atoms with Gasteiger partial charge in [-0.2, -0.15) is 4.31 Å². The number of nitrogens with zero attached hydrogens (tertiary/aromatic N) is 1. The van der Waals surface area contributed by atoms with Gasteiger partial charge in [-0.1, -0.05) is 42.8 Å². The summed E-state index contributed by atoms with van der Waals surface area (Å²) in [6.45, 7) is 2.31. The van der Waals surface area contributed by atoms with E-state index in [0.29, 0.717) is 24.3 Å². The first-order chi connectivity index (χ1) is 14.4. The second-order valence-electron chi connectivity index (χ2n) is 7.32. The van der Waals surface area contributed by atoms with Crippen molar-refractivity contribution in [2.75, 3.05) is 25.0 Å². The lowest BCUT2D eigenvalue weighted by Gasteiger charge is -2.26. The van der Waals surface area contributed by atoms with E-state index in [0.717, 1.165) is 24.8 Å². The molecule has 1 N–H and O–H groups in total. The SMILES string of the molecule is Cc1ccc(NC(=O)COC(=O)Cc2ccccc2)cc1S(=O)(=O)N1CCCCC1. The van der Waals surface area contributed by atoms with Gasteiger partial charge in [0.25, 0.3) is 5.91 Å². The van der Waals surface area contributed by atoms with Crippen molar-refractivity contribution in [3.05, 3.63) is 59.7 Å². The minimum absolute atomic E-state index is 0.0802. The number of esters is 1. The summed E-state index contributed by atoms with van der Waals surface area (Å²) in [5.41, 5.74) is 1.77. The molecule has 0 radical (unpaired) electrons. The fourth-order valence-electron chi connectivity index (χ4n) is 3.36. The van der Waals surface area contributed by atoms with Crippen LogP contribution in [0.4, 0.5) is 5.69 Å². The van der Waals surface area contributed by atoms with Gasteiger partial charge in [-0.25, -0.2) is 8.42 Å². The van der Waals surface area contributed by atoms with Crippen LogP contribution in [0.1, 0.15) is 30.4 Å². The molecule has 0 atom stereocenters. The molecule has 0 aromatic heterocycles. The highest BCUT2D eigenvalue weighted by Crippen LogP contribution is 2.26. The highest BCUT2D eigenvalue weighted by atomic mass is 32.2. The average molecular weight is 431 g/mol. The van der Waals surface area contributed by atoms with Gasteiger partial charge in [0.2, 0.25) is 10.0 Å². The van der Waals surface area contributed by atoms with Gasteiger partial charge in [0, 0.05) is 18.8 Å². The molecule has 1 aliphatic rings. The Hall–Kier alpha value is -2.71. The minimum Gasteiger partial charge on any atom is -0.455 e. The van der Waals surface area contributed by atoms with E-state index in [1.807, 2.05) is 18.2 Å². The predicted molar refractivity (Wildman–Crippen MR) is 114 cm³/mol. The molecule has 0 aliphatic carbocycles. The van der Waals surface area contributed by atoms with Crippen molar-refractivity contribution in [1.82, 2.24) is 4.31 Å². The zero-order valence-corrected chi connectivity index (χ0v) is 17.8. The van der Waals surface area contributed by atoms with E-state index in [1.54, 1.807) is 31.2 Å². The molecule has 2 aromatic carbocycles. The minimum atomic E-state index is -3.61. The summed E-state index contributed by atoms with van der Waals surface area (Å²) >= 11 is 0. The maximum atomic E-state index is 13.0. The van der Waals surface area contributed by atoms with E-state index in [1.165, 1.54) is 10.4 Å². The van der Waals surface area contributed by atoms with Crippen molar-refractivity contribution in [2.45, 2.75) is 37.5 Å². The third-order valence-electron chi connectivity index (χ3n) is 4.96. The molecule has 1 saturated heterocycles. The molecule has 2 aromatic rings. The monoisotopic (exact) mass is 430 g/mol. The molecule has 7 nitrogen and oxygen atoms in total. The molecular weight excluding hydrogens is 404 g/mol. The molecule has 1 heterocycles.